The fraction of sp³-hybridized carbons (Fsp3) is 0.381. The van der Waals surface area contributed by atoms with E-state index in [-0.39, 0.29) is 5.91 Å². The van der Waals surface area contributed by atoms with Crippen LogP contribution >= 0.6 is 23.1 Å². The van der Waals surface area contributed by atoms with E-state index < -0.39 is 0 Å². The minimum absolute atomic E-state index is 0.101. The number of thiophene rings is 1. The number of methoxy groups -OCH3 is 1. The molecule has 0 N–H and O–H groups in total. The maximum atomic E-state index is 12.9. The topological polar surface area (TPSA) is 55.3 Å². The van der Waals surface area contributed by atoms with Gasteiger partial charge in [0.2, 0.25) is 5.91 Å². The lowest BCUT2D eigenvalue weighted by molar-refractivity contribution is -0.129. The lowest BCUT2D eigenvalue weighted by Crippen LogP contribution is -2.34. The first kappa shape index (κ1) is 19.4. The number of benzene rings is 1. The monoisotopic (exact) mass is 413 g/mol. The summed E-state index contributed by atoms with van der Waals surface area (Å²) >= 11 is 3.30. The van der Waals surface area contributed by atoms with Crippen molar-refractivity contribution < 1.29 is 9.53 Å². The molecule has 2 heterocycles. The van der Waals surface area contributed by atoms with Gasteiger partial charge in [-0.15, -0.1) is 11.3 Å². The van der Waals surface area contributed by atoms with Crippen molar-refractivity contribution >= 4 is 39.2 Å². The van der Waals surface area contributed by atoms with Crippen LogP contribution in [-0.2, 0) is 28.9 Å². The van der Waals surface area contributed by atoms with Crippen molar-refractivity contribution in [2.45, 2.75) is 30.8 Å². The first-order valence-corrected chi connectivity index (χ1v) is 11.2. The Hall–Kier alpha value is -1.96. The Morgan fingerprint density at radius 3 is 2.93 bits per heavy atom. The van der Waals surface area contributed by atoms with Crippen LogP contribution in [-0.4, -0.2) is 46.8 Å². The normalized spacial score (nSPS) is 13.0. The molecule has 0 bridgehead atoms. The Labute approximate surface area is 173 Å². The lowest BCUT2D eigenvalue weighted by atomic mass is 10.2. The standard InChI is InChI=1S/C21H23N3O2S2/c1-26-11-10-24(12-15-6-3-2-4-7-15)18(25)13-27-20-19-16-8-5-9-17(16)28-21(19)23-14-22-20/h2-4,6-7,14H,5,8-13H2,1H3. The van der Waals surface area contributed by atoms with Gasteiger partial charge in [0.1, 0.15) is 16.2 Å². The highest BCUT2D eigenvalue weighted by atomic mass is 32.2. The average molecular weight is 414 g/mol. The van der Waals surface area contributed by atoms with Crippen LogP contribution in [0.2, 0.25) is 0 Å². The molecule has 0 radical (unpaired) electrons. The van der Waals surface area contributed by atoms with E-state index in [9.17, 15) is 4.79 Å². The second-order valence-electron chi connectivity index (χ2n) is 6.80. The van der Waals surface area contributed by atoms with E-state index in [0.717, 1.165) is 28.3 Å². The Balaban J connectivity index is 1.48. The third-order valence-electron chi connectivity index (χ3n) is 4.93. The van der Waals surface area contributed by atoms with Crippen molar-refractivity contribution in [2.75, 3.05) is 26.0 Å². The Morgan fingerprint density at radius 2 is 2.11 bits per heavy atom. The number of aromatic nitrogens is 2. The highest BCUT2D eigenvalue weighted by molar-refractivity contribution is 8.00. The number of ether oxygens (including phenoxy) is 1. The van der Waals surface area contributed by atoms with Gasteiger partial charge >= 0.3 is 0 Å². The van der Waals surface area contributed by atoms with E-state index in [4.69, 9.17) is 4.74 Å². The van der Waals surface area contributed by atoms with Gasteiger partial charge in [0.15, 0.2) is 0 Å². The molecule has 4 rings (SSSR count). The van der Waals surface area contributed by atoms with Crippen molar-refractivity contribution in [1.82, 2.24) is 14.9 Å². The maximum absolute atomic E-state index is 12.9. The first-order valence-electron chi connectivity index (χ1n) is 9.45. The Bertz CT molecular complexity index is 959. The minimum Gasteiger partial charge on any atom is -0.383 e. The third kappa shape index (κ3) is 4.21. The van der Waals surface area contributed by atoms with Gasteiger partial charge in [-0.25, -0.2) is 9.97 Å². The summed E-state index contributed by atoms with van der Waals surface area (Å²) in [7, 11) is 1.66. The quantitative estimate of drug-likeness (QED) is 0.413. The molecular weight excluding hydrogens is 390 g/mol. The zero-order valence-corrected chi connectivity index (χ0v) is 17.5. The summed E-state index contributed by atoms with van der Waals surface area (Å²) in [6, 6.07) is 10.1. The van der Waals surface area contributed by atoms with Gasteiger partial charge in [-0.05, 0) is 30.4 Å². The molecule has 0 saturated carbocycles. The third-order valence-corrected chi connectivity index (χ3v) is 7.11. The predicted octanol–water partition coefficient (Wildman–Crippen LogP) is 3.95. The number of carbonyl (C=O) groups is 1. The summed E-state index contributed by atoms with van der Waals surface area (Å²) in [5, 5.41) is 2.11. The fourth-order valence-corrected chi connectivity index (χ4v) is 5.75. The van der Waals surface area contributed by atoms with E-state index in [1.54, 1.807) is 24.8 Å². The van der Waals surface area contributed by atoms with Crippen molar-refractivity contribution in [3.05, 3.63) is 52.7 Å². The van der Waals surface area contributed by atoms with Crippen LogP contribution in [0.5, 0.6) is 0 Å². The molecule has 0 spiro atoms. The number of thioether (sulfide) groups is 1. The molecule has 1 aliphatic rings. The van der Waals surface area contributed by atoms with Crippen LogP contribution < -0.4 is 0 Å². The van der Waals surface area contributed by atoms with E-state index >= 15 is 0 Å². The molecule has 5 nitrogen and oxygen atoms in total. The number of nitrogens with zero attached hydrogens (tertiary/aromatic N) is 3. The van der Waals surface area contributed by atoms with Gasteiger partial charge in [-0.3, -0.25) is 4.79 Å². The molecule has 7 heteroatoms. The van der Waals surface area contributed by atoms with Gasteiger partial charge in [0.25, 0.3) is 0 Å². The Kier molecular flexibility index (Phi) is 6.24. The maximum Gasteiger partial charge on any atom is 0.233 e. The van der Waals surface area contributed by atoms with Crippen LogP contribution in [0.15, 0.2) is 41.7 Å². The van der Waals surface area contributed by atoms with E-state index in [1.807, 2.05) is 35.2 Å². The zero-order chi connectivity index (χ0) is 19.3. The van der Waals surface area contributed by atoms with Gasteiger partial charge in [0, 0.05) is 30.5 Å². The van der Waals surface area contributed by atoms with Gasteiger partial charge in [0.05, 0.1) is 12.4 Å². The molecule has 146 valence electrons. The SMILES string of the molecule is COCCN(Cc1ccccc1)C(=O)CSc1ncnc2sc3c(c12)CCC3. The predicted molar refractivity (Wildman–Crippen MR) is 114 cm³/mol. The summed E-state index contributed by atoms with van der Waals surface area (Å²) in [5.74, 6) is 0.470. The van der Waals surface area contributed by atoms with Gasteiger partial charge in [-0.2, -0.15) is 0 Å². The van der Waals surface area contributed by atoms with Crippen molar-refractivity contribution in [2.24, 2.45) is 0 Å². The molecule has 0 saturated heterocycles. The largest absolute Gasteiger partial charge is 0.383 e. The second kappa shape index (κ2) is 9.03. The summed E-state index contributed by atoms with van der Waals surface area (Å²) in [6.07, 6.45) is 5.06. The fourth-order valence-electron chi connectivity index (χ4n) is 3.53. The molecule has 0 aliphatic heterocycles. The smallest absolute Gasteiger partial charge is 0.233 e. The first-order chi connectivity index (χ1) is 13.8. The number of carbonyl (C=O) groups excluding carboxylic acids is 1. The van der Waals surface area contributed by atoms with E-state index in [2.05, 4.69) is 9.97 Å². The van der Waals surface area contributed by atoms with E-state index in [0.29, 0.717) is 25.4 Å². The molecule has 1 aliphatic carbocycles. The molecule has 3 aromatic rings. The number of amides is 1. The van der Waals surface area contributed by atoms with Crippen molar-refractivity contribution in [1.29, 1.82) is 0 Å². The number of hydrogen-bond donors (Lipinski definition) is 0. The molecule has 0 fully saturated rings. The van der Waals surface area contributed by atoms with Crippen LogP contribution in [0.4, 0.5) is 0 Å². The number of rotatable bonds is 8. The van der Waals surface area contributed by atoms with Gasteiger partial charge < -0.3 is 9.64 Å². The summed E-state index contributed by atoms with van der Waals surface area (Å²) in [5.41, 5.74) is 2.52. The highest BCUT2D eigenvalue weighted by Crippen LogP contribution is 2.40. The summed E-state index contributed by atoms with van der Waals surface area (Å²) < 4.78 is 5.20. The second-order valence-corrected chi connectivity index (χ2v) is 8.85. The number of hydrogen-bond acceptors (Lipinski definition) is 6. The molecule has 0 atom stereocenters. The average Bonchev–Trinajstić information content (AvgIpc) is 3.31. The Morgan fingerprint density at radius 1 is 1.25 bits per heavy atom. The summed E-state index contributed by atoms with van der Waals surface area (Å²) in [4.78, 5) is 26.2. The molecule has 1 aromatic carbocycles. The summed E-state index contributed by atoms with van der Waals surface area (Å²) in [6.45, 7) is 1.70. The van der Waals surface area contributed by atoms with Crippen LogP contribution in [0, 0.1) is 0 Å². The van der Waals surface area contributed by atoms with Crippen molar-refractivity contribution in [3.8, 4) is 0 Å². The number of fused-ring (bicyclic) bond motifs is 3. The molecule has 1 amide bonds. The van der Waals surface area contributed by atoms with Crippen LogP contribution in [0.3, 0.4) is 0 Å². The minimum atomic E-state index is 0.101. The van der Waals surface area contributed by atoms with E-state index in [1.165, 1.54) is 34.0 Å². The highest BCUT2D eigenvalue weighted by Gasteiger charge is 2.22. The zero-order valence-electron chi connectivity index (χ0n) is 15.9. The molecule has 2 aromatic heterocycles. The molecule has 28 heavy (non-hydrogen) atoms. The number of aryl methyl sites for hydroxylation is 2. The van der Waals surface area contributed by atoms with Crippen molar-refractivity contribution in [3.63, 3.8) is 0 Å². The van der Waals surface area contributed by atoms with Gasteiger partial charge in [-0.1, -0.05) is 42.1 Å². The molecule has 0 unspecified atom stereocenters. The van der Waals surface area contributed by atoms with Crippen LogP contribution in [0.25, 0.3) is 10.2 Å². The molecular formula is C21H23N3O2S2. The lowest BCUT2D eigenvalue weighted by Gasteiger charge is -2.22. The van der Waals surface area contributed by atoms with Crippen LogP contribution in [0.1, 0.15) is 22.4 Å².